The van der Waals surface area contributed by atoms with Crippen LogP contribution in [0.3, 0.4) is 0 Å². The molecule has 0 N–H and O–H groups in total. The lowest BCUT2D eigenvalue weighted by Gasteiger charge is -2.24. The molecule has 0 saturated carbocycles. The molecule has 0 fully saturated rings. The Morgan fingerprint density at radius 1 is 0.404 bits per heavy atom. The molecule has 0 spiro atoms. The maximum Gasteiger partial charge on any atom is 0.0456 e. The molecule has 2 nitrogen and oxygen atoms in total. The molecule has 7 rings (SSSR count). The molecule has 0 amide bonds. The number of benzene rings is 7. The highest BCUT2D eigenvalue weighted by atomic mass is 15.1. The van der Waals surface area contributed by atoms with Gasteiger partial charge in [-0.2, -0.15) is 0 Å². The van der Waals surface area contributed by atoms with E-state index in [1.54, 1.807) is 0 Å². The average Bonchev–Trinajstić information content (AvgIpc) is 3.23. The van der Waals surface area contributed by atoms with Crippen molar-refractivity contribution in [3.8, 4) is 11.1 Å². The van der Waals surface area contributed by atoms with E-state index < -0.39 is 0 Å². The first-order valence-electron chi connectivity index (χ1n) is 18.2. The fourth-order valence-corrected chi connectivity index (χ4v) is 6.44. The molecule has 0 aliphatic carbocycles. The Hall–Kier alpha value is -6.38. The smallest absolute Gasteiger partial charge is 0.0456 e. The van der Waals surface area contributed by atoms with E-state index in [4.69, 9.17) is 0 Å². The fraction of sp³-hybridized carbons (Fsp3) is 0.0800. The van der Waals surface area contributed by atoms with Gasteiger partial charge < -0.3 is 9.80 Å². The van der Waals surface area contributed by atoms with Crippen molar-refractivity contribution in [2.75, 3.05) is 9.80 Å². The predicted molar refractivity (Wildman–Crippen MR) is 223 cm³/mol. The molecule has 254 valence electrons. The van der Waals surface area contributed by atoms with E-state index in [9.17, 15) is 0 Å². The zero-order valence-electron chi connectivity index (χ0n) is 29.9. The van der Waals surface area contributed by atoms with Gasteiger partial charge in [-0.15, -0.1) is 0 Å². The lowest BCUT2D eigenvalue weighted by Crippen LogP contribution is -2.10. The van der Waals surface area contributed by atoms with Crippen molar-refractivity contribution in [1.82, 2.24) is 0 Å². The van der Waals surface area contributed by atoms with E-state index in [1.807, 2.05) is 0 Å². The van der Waals surface area contributed by atoms with Crippen LogP contribution in [0.4, 0.5) is 22.7 Å². The second-order valence-corrected chi connectivity index (χ2v) is 12.9. The number of hydrogen-bond donors (Lipinski definition) is 0. The number of anilines is 4. The Balaban J connectivity index is 1.22. The summed E-state index contributed by atoms with van der Waals surface area (Å²) in [6, 6.07) is 67.3. The van der Waals surface area contributed by atoms with Crippen molar-refractivity contribution in [2.45, 2.75) is 26.7 Å². The van der Waals surface area contributed by atoms with E-state index >= 15 is 0 Å². The summed E-state index contributed by atoms with van der Waals surface area (Å²) in [5, 5.41) is 0. The lowest BCUT2D eigenvalue weighted by atomic mass is 9.98. The number of aryl methyl sites for hydroxylation is 2. The van der Waals surface area contributed by atoms with E-state index in [1.165, 1.54) is 38.9 Å². The Bertz CT molecular complexity index is 2160. The van der Waals surface area contributed by atoms with E-state index in [0.717, 1.165) is 41.2 Å². The van der Waals surface area contributed by atoms with Gasteiger partial charge >= 0.3 is 0 Å². The predicted octanol–water partition coefficient (Wildman–Crippen LogP) is 13.5. The van der Waals surface area contributed by atoms with Gasteiger partial charge in [0.25, 0.3) is 0 Å². The van der Waals surface area contributed by atoms with Crippen LogP contribution in [0.2, 0.25) is 0 Å². The Kier molecular flexibility index (Phi) is 10.8. The summed E-state index contributed by atoms with van der Waals surface area (Å²) in [6.45, 7) is 4.39. The topological polar surface area (TPSA) is 6.48 Å². The molecule has 7 aromatic carbocycles. The second-order valence-electron chi connectivity index (χ2n) is 12.9. The Morgan fingerprint density at radius 3 is 1.17 bits per heavy atom. The quantitative estimate of drug-likeness (QED) is 0.127. The van der Waals surface area contributed by atoms with Crippen molar-refractivity contribution >= 4 is 34.4 Å². The van der Waals surface area contributed by atoms with Gasteiger partial charge in [0.1, 0.15) is 0 Å². The molecule has 0 saturated heterocycles. The highest BCUT2D eigenvalue weighted by molar-refractivity contribution is 5.84. The zero-order chi connectivity index (χ0) is 35.5. The molecule has 0 atom stereocenters. The lowest BCUT2D eigenvalue weighted by molar-refractivity contribution is 1.14. The van der Waals surface area contributed by atoms with Crippen molar-refractivity contribution in [2.24, 2.45) is 0 Å². The third kappa shape index (κ3) is 8.15. The van der Waals surface area contributed by atoms with Crippen molar-refractivity contribution in [1.29, 1.82) is 0 Å². The Morgan fingerprint density at radius 2 is 0.769 bits per heavy atom. The third-order valence-corrected chi connectivity index (χ3v) is 9.51. The summed E-state index contributed by atoms with van der Waals surface area (Å²) in [5.41, 5.74) is 14.1. The molecule has 0 unspecified atom stereocenters. The van der Waals surface area contributed by atoms with E-state index in [-0.39, 0.29) is 0 Å². The molecular formula is C50H44N2. The molecule has 0 bridgehead atoms. The third-order valence-electron chi connectivity index (χ3n) is 9.51. The van der Waals surface area contributed by atoms with Crippen LogP contribution < -0.4 is 9.80 Å². The molecule has 0 aromatic heterocycles. The first-order chi connectivity index (χ1) is 25.7. The SMILES string of the molecule is CCc1ccc(N(C=C(c2ccccc2)c2ccccc2)c2ccc(-c3ccc(N(/C=C\c4ccccc4)c4ccc(CC)cc4)cc3)cc2)cc1. The van der Waals surface area contributed by atoms with Gasteiger partial charge in [0.15, 0.2) is 0 Å². The molecule has 2 heteroatoms. The molecule has 0 aliphatic rings. The second kappa shape index (κ2) is 16.6. The maximum absolute atomic E-state index is 2.31. The fourth-order valence-electron chi connectivity index (χ4n) is 6.44. The van der Waals surface area contributed by atoms with Crippen molar-refractivity contribution in [3.05, 3.63) is 228 Å². The summed E-state index contributed by atoms with van der Waals surface area (Å²) in [7, 11) is 0. The number of nitrogens with zero attached hydrogens (tertiary/aromatic N) is 2. The summed E-state index contributed by atoms with van der Waals surface area (Å²) in [5.74, 6) is 0. The minimum absolute atomic E-state index is 1.01. The first kappa shape index (κ1) is 34.1. The van der Waals surface area contributed by atoms with Crippen LogP contribution in [0, 0.1) is 0 Å². The maximum atomic E-state index is 2.31. The Labute approximate surface area is 309 Å². The van der Waals surface area contributed by atoms with Crippen LogP contribution in [0.25, 0.3) is 22.8 Å². The van der Waals surface area contributed by atoms with Gasteiger partial charge in [-0.1, -0.05) is 153 Å². The molecule has 0 aliphatic heterocycles. The standard InChI is InChI=1S/C50H44N2/c1-3-39-20-28-46(29-21-39)51(37-36-41-14-8-5-9-15-41)47-32-24-42(25-33-47)43-26-34-49(35-27-43)52(48-30-22-40(4-2)23-31-48)38-50(44-16-10-6-11-17-44)45-18-12-7-13-19-45/h5-38H,3-4H2,1-2H3/b37-36-. The molecule has 7 aromatic rings. The summed E-state index contributed by atoms with van der Waals surface area (Å²) >= 11 is 0. The summed E-state index contributed by atoms with van der Waals surface area (Å²) in [6.07, 6.45) is 8.63. The highest BCUT2D eigenvalue weighted by Crippen LogP contribution is 2.34. The largest absolute Gasteiger partial charge is 0.317 e. The van der Waals surface area contributed by atoms with Crippen molar-refractivity contribution in [3.63, 3.8) is 0 Å². The van der Waals surface area contributed by atoms with E-state index in [2.05, 4.69) is 230 Å². The number of rotatable bonds is 12. The minimum Gasteiger partial charge on any atom is -0.317 e. The van der Waals surface area contributed by atoms with Crippen LogP contribution in [0.5, 0.6) is 0 Å². The zero-order valence-corrected chi connectivity index (χ0v) is 29.9. The van der Waals surface area contributed by atoms with Gasteiger partial charge in [0.2, 0.25) is 0 Å². The number of hydrogen-bond acceptors (Lipinski definition) is 2. The van der Waals surface area contributed by atoms with Gasteiger partial charge in [-0.25, -0.2) is 0 Å². The van der Waals surface area contributed by atoms with E-state index in [0.29, 0.717) is 0 Å². The minimum atomic E-state index is 1.01. The van der Waals surface area contributed by atoms with Gasteiger partial charge in [-0.3, -0.25) is 0 Å². The van der Waals surface area contributed by atoms with Crippen LogP contribution in [-0.2, 0) is 12.8 Å². The normalized spacial score (nSPS) is 11.0. The van der Waals surface area contributed by atoms with Crippen molar-refractivity contribution < 1.29 is 0 Å². The van der Waals surface area contributed by atoms with Gasteiger partial charge in [-0.05, 0) is 106 Å². The molecule has 52 heavy (non-hydrogen) atoms. The first-order valence-corrected chi connectivity index (χ1v) is 18.2. The summed E-state index contributed by atoms with van der Waals surface area (Å²) < 4.78 is 0. The van der Waals surface area contributed by atoms with Gasteiger partial charge in [0, 0.05) is 40.7 Å². The summed E-state index contributed by atoms with van der Waals surface area (Å²) in [4.78, 5) is 4.56. The molecule has 0 heterocycles. The average molecular weight is 673 g/mol. The van der Waals surface area contributed by atoms with Crippen LogP contribution in [-0.4, -0.2) is 0 Å². The van der Waals surface area contributed by atoms with Gasteiger partial charge in [0.05, 0.1) is 0 Å². The van der Waals surface area contributed by atoms with Crippen LogP contribution in [0.15, 0.2) is 200 Å². The molecule has 0 radical (unpaired) electrons. The highest BCUT2D eigenvalue weighted by Gasteiger charge is 2.13. The molecular weight excluding hydrogens is 629 g/mol. The monoisotopic (exact) mass is 672 g/mol. The van der Waals surface area contributed by atoms with Crippen LogP contribution >= 0.6 is 0 Å². The van der Waals surface area contributed by atoms with Crippen LogP contribution in [0.1, 0.15) is 41.7 Å².